The van der Waals surface area contributed by atoms with Gasteiger partial charge in [-0.3, -0.25) is 14.4 Å². The number of rotatable bonds is 9. The highest BCUT2D eigenvalue weighted by atomic mass is 35.5. The Morgan fingerprint density at radius 1 is 1.00 bits per heavy atom. The third kappa shape index (κ3) is 7.56. The van der Waals surface area contributed by atoms with Gasteiger partial charge in [-0.25, -0.2) is 0 Å². The Morgan fingerprint density at radius 3 is 2.20 bits per heavy atom. The minimum absolute atomic E-state index is 0.0213. The van der Waals surface area contributed by atoms with Gasteiger partial charge in [0.25, 0.3) is 0 Å². The van der Waals surface area contributed by atoms with Crippen molar-refractivity contribution in [3.63, 3.8) is 0 Å². The number of benzene rings is 1. The maximum Gasteiger partial charge on any atom is 0.224 e. The first-order valence-corrected chi connectivity index (χ1v) is 8.89. The quantitative estimate of drug-likeness (QED) is 0.699. The molecular formula is C18H26ClN3O3. The molecule has 0 fully saturated rings. The minimum atomic E-state index is -0.296. The number of hydrogen-bond acceptors (Lipinski definition) is 3. The Labute approximate surface area is 153 Å². The maximum atomic E-state index is 12.2. The Morgan fingerprint density at radius 2 is 1.64 bits per heavy atom. The lowest BCUT2D eigenvalue weighted by Crippen LogP contribution is -2.33. The van der Waals surface area contributed by atoms with Gasteiger partial charge in [-0.05, 0) is 31.0 Å². The van der Waals surface area contributed by atoms with Gasteiger partial charge in [0.2, 0.25) is 17.7 Å². The van der Waals surface area contributed by atoms with Gasteiger partial charge in [0.05, 0.1) is 11.4 Å². The van der Waals surface area contributed by atoms with E-state index < -0.39 is 0 Å². The summed E-state index contributed by atoms with van der Waals surface area (Å²) in [5.74, 6) is -0.565. The number of carbonyl (C=O) groups excluding carboxylic acids is 3. The Hall–Kier alpha value is -2.08. The van der Waals surface area contributed by atoms with Crippen LogP contribution in [0.3, 0.4) is 0 Å². The molecule has 0 unspecified atom stereocenters. The molecule has 0 aliphatic carbocycles. The number of nitrogens with one attached hydrogen (secondary N) is 2. The molecule has 0 saturated heterocycles. The average Bonchev–Trinajstić information content (AvgIpc) is 2.54. The Balaban J connectivity index is 2.66. The van der Waals surface area contributed by atoms with E-state index in [1.807, 2.05) is 13.8 Å². The molecule has 0 radical (unpaired) electrons. The summed E-state index contributed by atoms with van der Waals surface area (Å²) in [6, 6.07) is 4.81. The first-order chi connectivity index (χ1) is 11.9. The van der Waals surface area contributed by atoms with E-state index in [1.165, 1.54) is 6.92 Å². The lowest BCUT2D eigenvalue weighted by Gasteiger charge is -2.21. The normalized spacial score (nSPS) is 10.2. The summed E-state index contributed by atoms with van der Waals surface area (Å²) in [5.41, 5.74) is 0.884. The van der Waals surface area contributed by atoms with Crippen molar-refractivity contribution in [2.24, 2.45) is 0 Å². The van der Waals surface area contributed by atoms with Crippen LogP contribution in [0, 0.1) is 0 Å². The van der Waals surface area contributed by atoms with E-state index in [-0.39, 0.29) is 30.6 Å². The predicted molar refractivity (Wildman–Crippen MR) is 101 cm³/mol. The van der Waals surface area contributed by atoms with E-state index in [1.54, 1.807) is 23.1 Å². The molecular weight excluding hydrogens is 342 g/mol. The summed E-state index contributed by atoms with van der Waals surface area (Å²) in [4.78, 5) is 37.4. The van der Waals surface area contributed by atoms with Gasteiger partial charge >= 0.3 is 0 Å². The highest BCUT2D eigenvalue weighted by Crippen LogP contribution is 2.26. The van der Waals surface area contributed by atoms with E-state index in [4.69, 9.17) is 11.6 Å². The second-order valence-corrected chi connectivity index (χ2v) is 6.24. The molecule has 0 atom stereocenters. The molecule has 3 amide bonds. The number of amides is 3. The minimum Gasteiger partial charge on any atom is -0.343 e. The average molecular weight is 368 g/mol. The van der Waals surface area contributed by atoms with E-state index >= 15 is 0 Å². The van der Waals surface area contributed by atoms with E-state index in [9.17, 15) is 14.4 Å². The van der Waals surface area contributed by atoms with Crippen molar-refractivity contribution in [2.45, 2.75) is 46.5 Å². The number of carbonyl (C=O) groups is 3. The van der Waals surface area contributed by atoms with Crippen LogP contribution in [0.5, 0.6) is 0 Å². The summed E-state index contributed by atoms with van der Waals surface area (Å²) < 4.78 is 0. The molecule has 0 aliphatic heterocycles. The topological polar surface area (TPSA) is 78.5 Å². The zero-order valence-corrected chi connectivity index (χ0v) is 15.8. The van der Waals surface area contributed by atoms with Gasteiger partial charge in [0, 0.05) is 37.9 Å². The molecule has 0 spiro atoms. The van der Waals surface area contributed by atoms with Crippen molar-refractivity contribution in [3.8, 4) is 0 Å². The third-order valence-corrected chi connectivity index (χ3v) is 3.71. The molecule has 1 aromatic carbocycles. The summed E-state index contributed by atoms with van der Waals surface area (Å²) in [6.45, 7) is 6.83. The highest BCUT2D eigenvalue weighted by Gasteiger charge is 2.15. The van der Waals surface area contributed by atoms with Crippen LogP contribution in [0.4, 0.5) is 11.4 Å². The van der Waals surface area contributed by atoms with Crippen LogP contribution >= 0.6 is 11.6 Å². The van der Waals surface area contributed by atoms with Gasteiger partial charge < -0.3 is 15.5 Å². The van der Waals surface area contributed by atoms with Crippen LogP contribution in [0.15, 0.2) is 18.2 Å². The van der Waals surface area contributed by atoms with Gasteiger partial charge in [0.1, 0.15) is 0 Å². The van der Waals surface area contributed by atoms with Crippen molar-refractivity contribution in [1.82, 2.24) is 4.90 Å². The summed E-state index contributed by atoms with van der Waals surface area (Å²) in [5, 5.41) is 5.78. The molecule has 0 saturated carbocycles. The molecule has 1 rings (SSSR count). The highest BCUT2D eigenvalue weighted by molar-refractivity contribution is 6.31. The predicted octanol–water partition coefficient (Wildman–Crippen LogP) is 3.67. The first kappa shape index (κ1) is 21.0. The van der Waals surface area contributed by atoms with Crippen molar-refractivity contribution in [1.29, 1.82) is 0 Å². The standard InChI is InChI=1S/C18H26ClN3O3/c1-4-10-22(11-5-2)18(25)9-8-17(24)21-16-12-14(19)6-7-15(16)20-13(3)23/h6-7,12H,4-5,8-11H2,1-3H3,(H,20,23)(H,21,24). The second-order valence-electron chi connectivity index (χ2n) is 5.80. The molecule has 0 bridgehead atoms. The van der Waals surface area contributed by atoms with Crippen LogP contribution in [0.25, 0.3) is 0 Å². The number of nitrogens with zero attached hydrogens (tertiary/aromatic N) is 1. The molecule has 0 aromatic heterocycles. The molecule has 7 heteroatoms. The fraction of sp³-hybridized carbons (Fsp3) is 0.500. The van der Waals surface area contributed by atoms with Gasteiger partial charge in [-0.1, -0.05) is 25.4 Å². The van der Waals surface area contributed by atoms with Crippen LogP contribution in [-0.2, 0) is 14.4 Å². The van der Waals surface area contributed by atoms with E-state index in [0.29, 0.717) is 29.5 Å². The lowest BCUT2D eigenvalue weighted by molar-refractivity contribution is -0.133. The molecule has 6 nitrogen and oxygen atoms in total. The van der Waals surface area contributed by atoms with Crippen molar-refractivity contribution < 1.29 is 14.4 Å². The molecule has 1 aromatic rings. The number of hydrogen-bond donors (Lipinski definition) is 2. The van der Waals surface area contributed by atoms with Crippen LogP contribution in [0.1, 0.15) is 46.5 Å². The summed E-state index contributed by atoms with van der Waals surface area (Å²) in [7, 11) is 0. The van der Waals surface area contributed by atoms with Crippen LogP contribution in [-0.4, -0.2) is 35.7 Å². The third-order valence-electron chi connectivity index (χ3n) is 3.47. The van der Waals surface area contributed by atoms with Crippen molar-refractivity contribution in [2.75, 3.05) is 23.7 Å². The fourth-order valence-electron chi connectivity index (χ4n) is 2.41. The SMILES string of the molecule is CCCN(CCC)C(=O)CCC(=O)Nc1cc(Cl)ccc1NC(C)=O. The largest absolute Gasteiger partial charge is 0.343 e. The smallest absolute Gasteiger partial charge is 0.224 e. The summed E-state index contributed by atoms with van der Waals surface area (Å²) >= 11 is 5.95. The molecule has 25 heavy (non-hydrogen) atoms. The molecule has 0 aliphatic rings. The molecule has 138 valence electrons. The fourth-order valence-corrected chi connectivity index (χ4v) is 2.58. The number of anilines is 2. The van der Waals surface area contributed by atoms with Crippen LogP contribution < -0.4 is 10.6 Å². The van der Waals surface area contributed by atoms with Gasteiger partial charge in [0.15, 0.2) is 0 Å². The zero-order chi connectivity index (χ0) is 18.8. The maximum absolute atomic E-state index is 12.2. The zero-order valence-electron chi connectivity index (χ0n) is 15.0. The van der Waals surface area contributed by atoms with E-state index in [2.05, 4.69) is 10.6 Å². The van der Waals surface area contributed by atoms with E-state index in [0.717, 1.165) is 12.8 Å². The Kier molecular flexibility index (Phi) is 8.99. The van der Waals surface area contributed by atoms with Crippen molar-refractivity contribution in [3.05, 3.63) is 23.2 Å². The first-order valence-electron chi connectivity index (χ1n) is 8.52. The molecule has 0 heterocycles. The number of halogens is 1. The monoisotopic (exact) mass is 367 g/mol. The lowest BCUT2D eigenvalue weighted by atomic mass is 10.2. The van der Waals surface area contributed by atoms with Gasteiger partial charge in [-0.15, -0.1) is 0 Å². The molecule has 2 N–H and O–H groups in total. The Bertz CT molecular complexity index is 614. The van der Waals surface area contributed by atoms with Gasteiger partial charge in [-0.2, -0.15) is 0 Å². The van der Waals surface area contributed by atoms with Crippen molar-refractivity contribution >= 4 is 40.7 Å². The second kappa shape index (κ2) is 10.7. The summed E-state index contributed by atoms with van der Waals surface area (Å²) in [6.07, 6.45) is 2.01. The van der Waals surface area contributed by atoms with Crippen LogP contribution in [0.2, 0.25) is 5.02 Å².